The average molecular weight is 441 g/mol. The second-order valence-corrected chi connectivity index (χ2v) is 7.91. The molecule has 0 unspecified atom stereocenters. The minimum atomic E-state index is 0.0279. The molecular weight excluding hydrogens is 412 g/mol. The number of benzene rings is 3. The summed E-state index contributed by atoms with van der Waals surface area (Å²) in [6.45, 7) is 1.68. The Morgan fingerprint density at radius 3 is 2.18 bits per heavy atom. The molecule has 0 fully saturated rings. The number of carbonyl (C=O) groups is 1. The maximum atomic E-state index is 12.2. The molecule has 3 aromatic carbocycles. The average Bonchev–Trinajstić information content (AvgIpc) is 3.34. The Kier molecular flexibility index (Phi) is 8.03. The van der Waals surface area contributed by atoms with Gasteiger partial charge in [-0.15, -0.1) is 0 Å². The van der Waals surface area contributed by atoms with Crippen molar-refractivity contribution in [3.8, 4) is 11.3 Å². The van der Waals surface area contributed by atoms with E-state index >= 15 is 0 Å². The van der Waals surface area contributed by atoms with Gasteiger partial charge in [0, 0.05) is 24.9 Å². The van der Waals surface area contributed by atoms with E-state index in [9.17, 15) is 4.79 Å². The van der Waals surface area contributed by atoms with Gasteiger partial charge in [0.1, 0.15) is 0 Å². The Balaban J connectivity index is 1.13. The summed E-state index contributed by atoms with van der Waals surface area (Å²) in [5.41, 5.74) is 4.34. The van der Waals surface area contributed by atoms with Crippen LogP contribution < -0.4 is 5.32 Å². The van der Waals surface area contributed by atoms with Crippen molar-refractivity contribution in [2.24, 2.45) is 0 Å². The first kappa shape index (κ1) is 22.5. The molecule has 33 heavy (non-hydrogen) atoms. The summed E-state index contributed by atoms with van der Waals surface area (Å²) in [5, 5.41) is 2.98. The van der Waals surface area contributed by atoms with Crippen LogP contribution in [0, 0.1) is 0 Å². The van der Waals surface area contributed by atoms with Crippen molar-refractivity contribution in [3.05, 3.63) is 114 Å². The van der Waals surface area contributed by atoms with Gasteiger partial charge in [-0.05, 0) is 23.1 Å². The third-order valence-electron chi connectivity index (χ3n) is 5.30. The SMILES string of the molecule is O=C(CCCc1ncc(-c2ccccc2)o1)NCc1ccc(COCc2ccccc2)cc1. The molecule has 0 aliphatic heterocycles. The fraction of sp³-hybridized carbons (Fsp3) is 0.214. The van der Waals surface area contributed by atoms with Gasteiger partial charge in [0.15, 0.2) is 11.7 Å². The number of aromatic nitrogens is 1. The first-order chi connectivity index (χ1) is 16.3. The highest BCUT2D eigenvalue weighted by Gasteiger charge is 2.08. The zero-order chi connectivity index (χ0) is 22.7. The monoisotopic (exact) mass is 440 g/mol. The quantitative estimate of drug-likeness (QED) is 0.325. The van der Waals surface area contributed by atoms with Gasteiger partial charge < -0.3 is 14.5 Å². The highest BCUT2D eigenvalue weighted by Crippen LogP contribution is 2.20. The third kappa shape index (κ3) is 7.16. The molecule has 0 radical (unpaired) electrons. The number of hydrogen-bond acceptors (Lipinski definition) is 4. The molecule has 1 heterocycles. The number of carbonyl (C=O) groups excluding carboxylic acids is 1. The zero-order valence-electron chi connectivity index (χ0n) is 18.6. The summed E-state index contributed by atoms with van der Waals surface area (Å²) in [7, 11) is 0. The van der Waals surface area contributed by atoms with Crippen molar-refractivity contribution < 1.29 is 13.9 Å². The molecule has 168 valence electrons. The van der Waals surface area contributed by atoms with E-state index < -0.39 is 0 Å². The Morgan fingerprint density at radius 1 is 0.818 bits per heavy atom. The number of oxazole rings is 1. The third-order valence-corrected chi connectivity index (χ3v) is 5.30. The van der Waals surface area contributed by atoms with Crippen molar-refractivity contribution >= 4 is 5.91 Å². The molecule has 4 aromatic rings. The van der Waals surface area contributed by atoms with E-state index in [4.69, 9.17) is 9.15 Å². The van der Waals surface area contributed by atoms with Gasteiger partial charge in [0.25, 0.3) is 0 Å². The molecular formula is C28H28N2O3. The van der Waals surface area contributed by atoms with E-state index in [-0.39, 0.29) is 5.91 Å². The van der Waals surface area contributed by atoms with Gasteiger partial charge in [-0.2, -0.15) is 0 Å². The van der Waals surface area contributed by atoms with Crippen molar-refractivity contribution in [3.63, 3.8) is 0 Å². The molecule has 0 aliphatic carbocycles. The minimum absolute atomic E-state index is 0.0279. The lowest BCUT2D eigenvalue weighted by Crippen LogP contribution is -2.22. The Labute approximate surface area is 194 Å². The van der Waals surface area contributed by atoms with Crippen molar-refractivity contribution in [1.82, 2.24) is 10.3 Å². The lowest BCUT2D eigenvalue weighted by Gasteiger charge is -2.07. The van der Waals surface area contributed by atoms with E-state index in [0.717, 1.165) is 28.0 Å². The second kappa shape index (κ2) is 11.8. The summed E-state index contributed by atoms with van der Waals surface area (Å²) in [4.78, 5) is 16.5. The van der Waals surface area contributed by atoms with Crippen LogP contribution in [0.15, 0.2) is 95.5 Å². The fourth-order valence-corrected chi connectivity index (χ4v) is 3.47. The van der Waals surface area contributed by atoms with Crippen LogP contribution in [0.5, 0.6) is 0 Å². The Morgan fingerprint density at radius 2 is 1.45 bits per heavy atom. The predicted molar refractivity (Wildman–Crippen MR) is 128 cm³/mol. The number of nitrogens with zero attached hydrogens (tertiary/aromatic N) is 1. The molecule has 0 atom stereocenters. The lowest BCUT2D eigenvalue weighted by atomic mass is 10.1. The van der Waals surface area contributed by atoms with E-state index in [1.54, 1.807) is 6.20 Å². The minimum Gasteiger partial charge on any atom is -0.441 e. The summed E-state index contributed by atoms with van der Waals surface area (Å²) in [6.07, 6.45) is 3.51. The van der Waals surface area contributed by atoms with Crippen molar-refractivity contribution in [1.29, 1.82) is 0 Å². The van der Waals surface area contributed by atoms with Gasteiger partial charge in [0.2, 0.25) is 5.91 Å². The highest BCUT2D eigenvalue weighted by molar-refractivity contribution is 5.75. The summed E-state index contributed by atoms with van der Waals surface area (Å²) < 4.78 is 11.6. The number of aryl methyl sites for hydroxylation is 1. The van der Waals surface area contributed by atoms with Gasteiger partial charge in [-0.1, -0.05) is 84.9 Å². The number of amides is 1. The maximum Gasteiger partial charge on any atom is 0.220 e. The van der Waals surface area contributed by atoms with E-state index in [0.29, 0.717) is 44.9 Å². The summed E-state index contributed by atoms with van der Waals surface area (Å²) in [5.74, 6) is 1.44. The van der Waals surface area contributed by atoms with E-state index in [1.165, 1.54) is 0 Å². The van der Waals surface area contributed by atoms with Crippen molar-refractivity contribution in [2.75, 3.05) is 0 Å². The molecule has 1 N–H and O–H groups in total. The molecule has 1 amide bonds. The first-order valence-corrected chi connectivity index (χ1v) is 11.2. The van der Waals surface area contributed by atoms with Crippen LogP contribution in [-0.2, 0) is 35.7 Å². The van der Waals surface area contributed by atoms with Crippen LogP contribution in [0.4, 0.5) is 0 Å². The van der Waals surface area contributed by atoms with Crippen LogP contribution >= 0.6 is 0 Å². The van der Waals surface area contributed by atoms with E-state index in [2.05, 4.69) is 22.4 Å². The molecule has 0 saturated carbocycles. The second-order valence-electron chi connectivity index (χ2n) is 7.91. The molecule has 0 saturated heterocycles. The maximum absolute atomic E-state index is 12.2. The standard InChI is InChI=1S/C28H28N2O3/c31-27(12-7-13-28-30-19-26(33-28)25-10-5-2-6-11-25)29-18-22-14-16-24(17-15-22)21-32-20-23-8-3-1-4-9-23/h1-6,8-11,14-17,19H,7,12-13,18,20-21H2,(H,29,31). The van der Waals surface area contributed by atoms with Crippen molar-refractivity contribution in [2.45, 2.75) is 39.0 Å². The lowest BCUT2D eigenvalue weighted by molar-refractivity contribution is -0.121. The van der Waals surface area contributed by atoms with Gasteiger partial charge in [-0.3, -0.25) is 4.79 Å². The largest absolute Gasteiger partial charge is 0.441 e. The Bertz CT molecular complexity index is 1120. The summed E-state index contributed by atoms with van der Waals surface area (Å²) in [6, 6.07) is 28.1. The molecule has 5 heteroatoms. The van der Waals surface area contributed by atoms with Crippen LogP contribution in [0.25, 0.3) is 11.3 Å². The summed E-state index contributed by atoms with van der Waals surface area (Å²) >= 11 is 0. The number of ether oxygens (including phenoxy) is 1. The van der Waals surface area contributed by atoms with Crippen LogP contribution in [-0.4, -0.2) is 10.9 Å². The van der Waals surface area contributed by atoms with Crippen LogP contribution in [0.3, 0.4) is 0 Å². The number of nitrogens with one attached hydrogen (secondary N) is 1. The molecule has 1 aromatic heterocycles. The van der Waals surface area contributed by atoms with Crippen LogP contribution in [0.2, 0.25) is 0 Å². The predicted octanol–water partition coefficient (Wildman–Crippen LogP) is 5.70. The highest BCUT2D eigenvalue weighted by atomic mass is 16.5. The van der Waals surface area contributed by atoms with Gasteiger partial charge in [-0.25, -0.2) is 4.98 Å². The molecule has 0 aliphatic rings. The normalized spacial score (nSPS) is 10.8. The van der Waals surface area contributed by atoms with Crippen LogP contribution in [0.1, 0.15) is 35.4 Å². The smallest absolute Gasteiger partial charge is 0.220 e. The van der Waals surface area contributed by atoms with Gasteiger partial charge >= 0.3 is 0 Å². The first-order valence-electron chi connectivity index (χ1n) is 11.2. The number of hydrogen-bond donors (Lipinski definition) is 1. The molecule has 0 spiro atoms. The van der Waals surface area contributed by atoms with Gasteiger partial charge in [0.05, 0.1) is 19.4 Å². The topological polar surface area (TPSA) is 64.4 Å². The zero-order valence-corrected chi connectivity index (χ0v) is 18.6. The molecule has 4 rings (SSSR count). The molecule has 0 bridgehead atoms. The molecule has 5 nitrogen and oxygen atoms in total. The fourth-order valence-electron chi connectivity index (χ4n) is 3.47. The number of rotatable bonds is 11. The Hall–Kier alpha value is -3.70. The van der Waals surface area contributed by atoms with E-state index in [1.807, 2.05) is 72.8 Å².